The van der Waals surface area contributed by atoms with Crippen LogP contribution in [0.2, 0.25) is 0 Å². The Kier molecular flexibility index (Phi) is 6.85. The van der Waals surface area contributed by atoms with Crippen molar-refractivity contribution in [3.05, 3.63) is 66.2 Å². The monoisotopic (exact) mass is 489 g/mol. The van der Waals surface area contributed by atoms with Crippen LogP contribution in [0, 0.1) is 0 Å². The highest BCUT2D eigenvalue weighted by Gasteiger charge is 2.26. The van der Waals surface area contributed by atoms with Gasteiger partial charge in [0.05, 0.1) is 21.9 Å². The zero-order valence-corrected chi connectivity index (χ0v) is 20.1. The third kappa shape index (κ3) is 5.74. The minimum Gasteiger partial charge on any atom is -0.349 e. The lowest BCUT2D eigenvalue weighted by atomic mass is 10.1. The highest BCUT2D eigenvalue weighted by Crippen LogP contribution is 2.26. The molecule has 3 aromatic rings. The number of nitrogens with zero attached hydrogens (tertiary/aromatic N) is 3. The lowest BCUT2D eigenvalue weighted by Gasteiger charge is -2.34. The molecule has 2 fully saturated rings. The molecule has 180 valence electrons. The van der Waals surface area contributed by atoms with E-state index in [9.17, 15) is 14.4 Å². The Bertz CT molecular complexity index is 1240. The van der Waals surface area contributed by atoms with Crippen molar-refractivity contribution >= 4 is 46.2 Å². The van der Waals surface area contributed by atoms with Crippen LogP contribution in [0.3, 0.4) is 0 Å². The van der Waals surface area contributed by atoms with Crippen molar-refractivity contribution in [3.8, 4) is 0 Å². The van der Waals surface area contributed by atoms with Crippen molar-refractivity contribution in [1.29, 1.82) is 0 Å². The number of hydrogen-bond donors (Lipinski definition) is 2. The van der Waals surface area contributed by atoms with Crippen molar-refractivity contribution in [2.24, 2.45) is 0 Å². The second-order valence-corrected chi connectivity index (χ2v) is 9.72. The number of carbonyl (C=O) groups is 3. The molecule has 1 saturated carbocycles. The van der Waals surface area contributed by atoms with Gasteiger partial charge in [-0.3, -0.25) is 9.59 Å². The van der Waals surface area contributed by atoms with E-state index < -0.39 is 0 Å². The summed E-state index contributed by atoms with van der Waals surface area (Å²) in [6, 6.07) is 18.8. The Morgan fingerprint density at radius 2 is 1.60 bits per heavy atom. The lowest BCUT2D eigenvalue weighted by Crippen LogP contribution is -2.52. The minimum atomic E-state index is -0.157. The highest BCUT2D eigenvalue weighted by atomic mass is 32.2. The molecule has 8 nitrogen and oxygen atoms in total. The van der Waals surface area contributed by atoms with Crippen LogP contribution in [-0.4, -0.2) is 70.6 Å². The van der Waals surface area contributed by atoms with Gasteiger partial charge in [-0.25, -0.2) is 9.78 Å². The molecule has 2 N–H and O–H groups in total. The average Bonchev–Trinajstić information content (AvgIpc) is 3.71. The van der Waals surface area contributed by atoms with Crippen molar-refractivity contribution in [2.75, 3.05) is 37.2 Å². The first-order valence-electron chi connectivity index (χ1n) is 11.8. The number of anilines is 1. The predicted octanol–water partition coefficient (Wildman–Crippen LogP) is 3.60. The number of piperazine rings is 1. The number of rotatable bonds is 6. The van der Waals surface area contributed by atoms with Gasteiger partial charge in [0.1, 0.15) is 0 Å². The number of fused-ring (bicyclic) bond motifs is 1. The minimum absolute atomic E-state index is 0.00272. The molecular formula is C26H27N5O3S. The number of aromatic nitrogens is 1. The summed E-state index contributed by atoms with van der Waals surface area (Å²) in [5.41, 5.74) is 2.08. The van der Waals surface area contributed by atoms with Gasteiger partial charge >= 0.3 is 6.03 Å². The molecule has 5 rings (SSSR count). The largest absolute Gasteiger partial charge is 0.349 e. The Morgan fingerprint density at radius 1 is 0.914 bits per heavy atom. The number of pyridine rings is 1. The smallest absolute Gasteiger partial charge is 0.321 e. The van der Waals surface area contributed by atoms with Gasteiger partial charge in [-0.05, 0) is 37.1 Å². The van der Waals surface area contributed by atoms with Gasteiger partial charge in [-0.1, -0.05) is 48.2 Å². The van der Waals surface area contributed by atoms with Gasteiger partial charge in [-0.2, -0.15) is 0 Å². The number of nitrogens with one attached hydrogen (secondary N) is 2. The Balaban J connectivity index is 1.17. The number of para-hydroxylation sites is 2. The van der Waals surface area contributed by atoms with Crippen LogP contribution >= 0.6 is 11.8 Å². The van der Waals surface area contributed by atoms with Crippen LogP contribution in [0.4, 0.5) is 10.5 Å². The van der Waals surface area contributed by atoms with Crippen LogP contribution in [0.25, 0.3) is 10.9 Å². The van der Waals surface area contributed by atoms with E-state index in [2.05, 4.69) is 15.6 Å². The first kappa shape index (κ1) is 23.2. The topological polar surface area (TPSA) is 94.6 Å². The molecule has 9 heteroatoms. The van der Waals surface area contributed by atoms with E-state index in [1.807, 2.05) is 54.6 Å². The molecule has 1 saturated heterocycles. The number of thioether (sulfide) groups is 1. The van der Waals surface area contributed by atoms with E-state index in [-0.39, 0.29) is 29.6 Å². The molecule has 2 aliphatic rings. The quantitative estimate of drug-likeness (QED) is 0.516. The first-order chi connectivity index (χ1) is 17.1. The number of carbonyl (C=O) groups excluding carboxylic acids is 3. The van der Waals surface area contributed by atoms with Gasteiger partial charge in [0.15, 0.2) is 0 Å². The molecule has 1 aromatic heterocycles. The molecule has 0 bridgehead atoms. The second kappa shape index (κ2) is 10.4. The Hall–Kier alpha value is -3.59. The molecule has 0 radical (unpaired) electrons. The van der Waals surface area contributed by atoms with E-state index >= 15 is 0 Å². The van der Waals surface area contributed by atoms with E-state index in [0.29, 0.717) is 36.8 Å². The van der Waals surface area contributed by atoms with Crippen molar-refractivity contribution in [2.45, 2.75) is 23.9 Å². The molecule has 1 aliphatic carbocycles. The number of benzene rings is 2. The Labute approximate surface area is 208 Å². The van der Waals surface area contributed by atoms with Gasteiger partial charge < -0.3 is 20.4 Å². The number of hydrogen-bond acceptors (Lipinski definition) is 5. The third-order valence-electron chi connectivity index (χ3n) is 6.14. The van der Waals surface area contributed by atoms with Gasteiger partial charge in [0.2, 0.25) is 5.91 Å². The van der Waals surface area contributed by atoms with Crippen LogP contribution in [0.5, 0.6) is 0 Å². The van der Waals surface area contributed by atoms with Crippen molar-refractivity contribution in [3.63, 3.8) is 0 Å². The van der Waals surface area contributed by atoms with Crippen molar-refractivity contribution < 1.29 is 14.4 Å². The standard InChI is InChI=1S/C26H27N5O3S/c32-24(30-12-14-31(15-13-30)26(34)28-18-6-2-1-3-7-18)17-35-23-16-21(25(33)27-19-10-11-19)20-8-4-5-9-22(20)29-23/h1-9,16,19H,10-15,17H2,(H,27,33)(H,28,34). The molecule has 1 aliphatic heterocycles. The predicted molar refractivity (Wildman–Crippen MR) is 137 cm³/mol. The summed E-state index contributed by atoms with van der Waals surface area (Å²) in [5, 5.41) is 7.39. The summed E-state index contributed by atoms with van der Waals surface area (Å²) < 4.78 is 0. The second-order valence-electron chi connectivity index (χ2n) is 8.73. The summed E-state index contributed by atoms with van der Waals surface area (Å²) in [7, 11) is 0. The molecule has 2 aromatic carbocycles. The third-order valence-corrected chi connectivity index (χ3v) is 7.03. The number of urea groups is 1. The maximum atomic E-state index is 12.9. The summed E-state index contributed by atoms with van der Waals surface area (Å²) in [6.45, 7) is 1.94. The lowest BCUT2D eigenvalue weighted by molar-refractivity contribution is -0.129. The van der Waals surface area contributed by atoms with E-state index in [1.54, 1.807) is 15.9 Å². The van der Waals surface area contributed by atoms with E-state index in [0.717, 1.165) is 29.4 Å². The Morgan fingerprint density at radius 3 is 2.34 bits per heavy atom. The highest BCUT2D eigenvalue weighted by molar-refractivity contribution is 7.99. The summed E-state index contributed by atoms with van der Waals surface area (Å²) >= 11 is 1.34. The summed E-state index contributed by atoms with van der Waals surface area (Å²) in [6.07, 6.45) is 2.04. The molecule has 4 amide bonds. The summed E-state index contributed by atoms with van der Waals surface area (Å²) in [4.78, 5) is 46.3. The normalized spacial score (nSPS) is 15.7. The zero-order valence-electron chi connectivity index (χ0n) is 19.3. The van der Waals surface area contributed by atoms with Gasteiger partial charge in [0, 0.05) is 43.3 Å². The fourth-order valence-electron chi connectivity index (χ4n) is 4.01. The van der Waals surface area contributed by atoms with Crippen LogP contribution < -0.4 is 10.6 Å². The first-order valence-corrected chi connectivity index (χ1v) is 12.8. The maximum absolute atomic E-state index is 12.9. The van der Waals surface area contributed by atoms with Crippen molar-refractivity contribution in [1.82, 2.24) is 20.1 Å². The fraction of sp³-hybridized carbons (Fsp3) is 0.308. The average molecular weight is 490 g/mol. The fourth-order valence-corrected chi connectivity index (χ4v) is 4.83. The van der Waals surface area contributed by atoms with Crippen LogP contribution in [0.1, 0.15) is 23.2 Å². The van der Waals surface area contributed by atoms with Gasteiger partial charge in [-0.15, -0.1) is 0 Å². The van der Waals surface area contributed by atoms with Gasteiger partial charge in [0.25, 0.3) is 5.91 Å². The molecule has 0 atom stereocenters. The van der Waals surface area contributed by atoms with Crippen LogP contribution in [-0.2, 0) is 4.79 Å². The van der Waals surface area contributed by atoms with Crippen LogP contribution in [0.15, 0.2) is 65.7 Å². The summed E-state index contributed by atoms with van der Waals surface area (Å²) in [5.74, 6) is 0.131. The molecule has 35 heavy (non-hydrogen) atoms. The van der Waals surface area contributed by atoms with E-state index in [1.165, 1.54) is 11.8 Å². The molecule has 0 unspecified atom stereocenters. The number of amides is 4. The zero-order chi connectivity index (χ0) is 24.2. The molecule has 0 spiro atoms. The van der Waals surface area contributed by atoms with E-state index in [4.69, 9.17) is 0 Å². The SMILES string of the molecule is O=C(NC1CC1)c1cc(SCC(=O)N2CCN(C(=O)Nc3ccccc3)CC2)nc2ccccc12. The molecule has 2 heterocycles. The maximum Gasteiger partial charge on any atom is 0.321 e. The molecular weight excluding hydrogens is 462 g/mol.